The lowest BCUT2D eigenvalue weighted by atomic mass is 9.58. The second-order valence-electron chi connectivity index (χ2n) is 16.4. The quantitative estimate of drug-likeness (QED) is 0.163. The number of halogens is 1. The van der Waals surface area contributed by atoms with E-state index in [1.54, 1.807) is 23.5 Å². The molecule has 0 atom stereocenters. The fourth-order valence-electron chi connectivity index (χ4n) is 9.11. The highest BCUT2D eigenvalue weighted by molar-refractivity contribution is 7.15. The van der Waals surface area contributed by atoms with Gasteiger partial charge in [0.05, 0.1) is 24.3 Å². The minimum Gasteiger partial charge on any atom is -0.490 e. The maximum atomic E-state index is 13.1. The number of thiophene rings is 1. The second kappa shape index (κ2) is 16.2. The van der Waals surface area contributed by atoms with E-state index < -0.39 is 0 Å². The van der Waals surface area contributed by atoms with E-state index in [1.807, 2.05) is 37.4 Å². The molecule has 0 radical (unpaired) electrons. The Kier molecular flexibility index (Phi) is 10.7. The van der Waals surface area contributed by atoms with E-state index in [4.69, 9.17) is 31.6 Å². The zero-order valence-electron chi connectivity index (χ0n) is 33.5. The molecule has 1 spiro atoms. The maximum absolute atomic E-state index is 13.1. The van der Waals surface area contributed by atoms with Gasteiger partial charge in [0.1, 0.15) is 28.8 Å². The molecule has 12 nitrogen and oxygen atoms in total. The first-order valence-electron chi connectivity index (χ1n) is 20.4. The van der Waals surface area contributed by atoms with Gasteiger partial charge in [-0.25, -0.2) is 4.98 Å². The standard InChI is InChI=1S/C45H45ClN10O2S/c1-27-28(2)59-44-41(27)42(49-25-40-54-51-29(3)56(40)44)32-6-9-33(48-24-32)8-5-30-22-45(23-30)18-4-20-55(26-45)39-16-15-38(52-53-39)43(57)50-34-10-13-35(14-11-34)58-36-12-7-31(17-19-47)37(46)21-36/h6-7,9,12,15-16,21,24,30,34-35H,4,10-11,13-14,17-18,20,22-23,25-26H2,1-3H3,(H,50,57). The van der Waals surface area contributed by atoms with Crippen molar-refractivity contribution >= 4 is 40.4 Å². The van der Waals surface area contributed by atoms with Crippen LogP contribution in [0.1, 0.15) is 106 Å². The Hall–Kier alpha value is -5.63. The van der Waals surface area contributed by atoms with Crippen molar-refractivity contribution in [3.63, 3.8) is 0 Å². The molecule has 2 aliphatic carbocycles. The van der Waals surface area contributed by atoms with Crippen LogP contribution in [0.5, 0.6) is 5.75 Å². The Balaban J connectivity index is 0.758. The van der Waals surface area contributed by atoms with Gasteiger partial charge in [-0.1, -0.05) is 23.6 Å². The molecule has 6 heterocycles. The molecule has 4 aliphatic rings. The number of hydrogen-bond donors (Lipinski definition) is 1. The van der Waals surface area contributed by atoms with Crippen molar-refractivity contribution in [3.8, 4) is 28.7 Å². The summed E-state index contributed by atoms with van der Waals surface area (Å²) >= 11 is 8.07. The van der Waals surface area contributed by atoms with Gasteiger partial charge in [-0.15, -0.1) is 31.7 Å². The average molecular weight is 825 g/mol. The number of aromatic nitrogens is 6. The molecule has 9 rings (SSSR count). The molecule has 2 saturated carbocycles. The monoisotopic (exact) mass is 824 g/mol. The molecule has 59 heavy (non-hydrogen) atoms. The van der Waals surface area contributed by atoms with E-state index >= 15 is 0 Å². The zero-order chi connectivity index (χ0) is 40.7. The Morgan fingerprint density at radius 1 is 1.05 bits per heavy atom. The second-order valence-corrected chi connectivity index (χ2v) is 18.0. The number of ether oxygens (including phenoxy) is 1. The third kappa shape index (κ3) is 7.94. The first kappa shape index (κ1) is 38.9. The number of nitriles is 1. The summed E-state index contributed by atoms with van der Waals surface area (Å²) in [5.74, 6) is 10.2. The van der Waals surface area contributed by atoms with E-state index in [0.29, 0.717) is 28.9 Å². The highest BCUT2D eigenvalue weighted by atomic mass is 35.5. The van der Waals surface area contributed by atoms with Crippen LogP contribution in [-0.2, 0) is 13.0 Å². The van der Waals surface area contributed by atoms with Gasteiger partial charge in [-0.05, 0) is 131 Å². The van der Waals surface area contributed by atoms with E-state index in [9.17, 15) is 4.79 Å². The van der Waals surface area contributed by atoms with Crippen molar-refractivity contribution in [3.05, 3.63) is 104 Å². The van der Waals surface area contributed by atoms with Crippen LogP contribution in [-0.4, -0.2) is 66.8 Å². The summed E-state index contributed by atoms with van der Waals surface area (Å²) in [6, 6.07) is 15.5. The van der Waals surface area contributed by atoms with Gasteiger partial charge in [-0.3, -0.25) is 14.4 Å². The first-order valence-corrected chi connectivity index (χ1v) is 21.6. The van der Waals surface area contributed by atoms with Crippen LogP contribution in [0.3, 0.4) is 0 Å². The van der Waals surface area contributed by atoms with Gasteiger partial charge in [0, 0.05) is 52.3 Å². The highest BCUT2D eigenvalue weighted by Crippen LogP contribution is 2.51. The minimum atomic E-state index is -0.200. The Morgan fingerprint density at radius 2 is 1.90 bits per heavy atom. The summed E-state index contributed by atoms with van der Waals surface area (Å²) in [5, 5.41) is 31.3. The van der Waals surface area contributed by atoms with Gasteiger partial charge in [0.25, 0.3) is 5.91 Å². The summed E-state index contributed by atoms with van der Waals surface area (Å²) < 4.78 is 8.30. The summed E-state index contributed by atoms with van der Waals surface area (Å²) in [4.78, 5) is 26.5. The van der Waals surface area contributed by atoms with E-state index in [0.717, 1.165) is 109 Å². The zero-order valence-corrected chi connectivity index (χ0v) is 35.0. The third-order valence-electron chi connectivity index (χ3n) is 12.4. The maximum Gasteiger partial charge on any atom is 0.272 e. The van der Waals surface area contributed by atoms with Crippen molar-refractivity contribution in [1.82, 2.24) is 35.3 Å². The van der Waals surface area contributed by atoms with E-state index in [-0.39, 0.29) is 29.9 Å². The minimum absolute atomic E-state index is 0.0502. The fourth-order valence-corrected chi connectivity index (χ4v) is 10.6. The number of hydrogen-bond acceptors (Lipinski definition) is 11. The first-order chi connectivity index (χ1) is 28.6. The molecule has 5 aromatic rings. The molecule has 1 amide bonds. The van der Waals surface area contributed by atoms with Gasteiger partial charge in [0.15, 0.2) is 17.3 Å². The third-order valence-corrected chi connectivity index (χ3v) is 13.9. The van der Waals surface area contributed by atoms with Crippen molar-refractivity contribution < 1.29 is 9.53 Å². The number of carbonyl (C=O) groups excluding carboxylic acids is 1. The van der Waals surface area contributed by atoms with Crippen LogP contribution in [0.2, 0.25) is 5.02 Å². The largest absolute Gasteiger partial charge is 0.490 e. The molecule has 14 heteroatoms. The van der Waals surface area contributed by atoms with E-state index in [2.05, 4.69) is 73.0 Å². The van der Waals surface area contributed by atoms with Crippen LogP contribution >= 0.6 is 22.9 Å². The van der Waals surface area contributed by atoms with Crippen LogP contribution in [0.4, 0.5) is 5.82 Å². The van der Waals surface area contributed by atoms with Crippen molar-refractivity contribution in [2.24, 2.45) is 16.3 Å². The SMILES string of the molecule is Cc1sc2c(c1C)C(c1ccc(C#CC3CC4(CCCN(c5ccc(C(=O)NC6CCC(Oc7ccc(CC#N)c(Cl)c7)CC6)nn5)C4)C3)nc1)=NCc1nnc(C)n1-2. The molecule has 1 saturated heterocycles. The molecule has 0 bridgehead atoms. The molecule has 0 unspecified atom stereocenters. The molecule has 1 N–H and O–H groups in total. The van der Waals surface area contributed by atoms with Gasteiger partial charge in [0.2, 0.25) is 0 Å². The summed E-state index contributed by atoms with van der Waals surface area (Å²) in [6.45, 7) is 8.60. The van der Waals surface area contributed by atoms with E-state index in [1.165, 1.54) is 16.9 Å². The molecular weight excluding hydrogens is 780 g/mol. The number of carbonyl (C=O) groups is 1. The number of aryl methyl sites for hydroxylation is 2. The molecular formula is C45H45ClN10O2S. The van der Waals surface area contributed by atoms with Crippen molar-refractivity contribution in [1.29, 1.82) is 5.26 Å². The lowest BCUT2D eigenvalue weighted by Crippen LogP contribution is -2.50. The smallest absolute Gasteiger partial charge is 0.272 e. The summed E-state index contributed by atoms with van der Waals surface area (Å²) in [5.41, 5.74) is 6.38. The predicted octanol–water partition coefficient (Wildman–Crippen LogP) is 7.68. The number of fused-ring (bicyclic) bond motifs is 3. The molecule has 4 aromatic heterocycles. The predicted molar refractivity (Wildman–Crippen MR) is 227 cm³/mol. The van der Waals surface area contributed by atoms with Crippen LogP contribution in [0.15, 0.2) is 53.7 Å². The van der Waals surface area contributed by atoms with Crippen LogP contribution < -0.4 is 15.0 Å². The van der Waals surface area contributed by atoms with Gasteiger partial charge in [-0.2, -0.15) is 5.26 Å². The number of rotatable bonds is 7. The molecule has 2 aliphatic heterocycles. The van der Waals surface area contributed by atoms with Crippen molar-refractivity contribution in [2.75, 3.05) is 18.0 Å². The number of amides is 1. The lowest BCUT2D eigenvalue weighted by Gasteiger charge is -2.51. The topological polar surface area (TPSA) is 147 Å². The number of benzene rings is 1. The van der Waals surface area contributed by atoms with Gasteiger partial charge < -0.3 is 15.0 Å². The Bertz CT molecular complexity index is 2530. The van der Waals surface area contributed by atoms with Gasteiger partial charge >= 0.3 is 0 Å². The summed E-state index contributed by atoms with van der Waals surface area (Å²) in [7, 11) is 0. The fraction of sp³-hybridized carbons (Fsp3) is 0.422. The molecule has 3 fully saturated rings. The number of pyridine rings is 1. The highest BCUT2D eigenvalue weighted by Gasteiger charge is 2.46. The number of nitrogens with zero attached hydrogens (tertiary/aromatic N) is 9. The van der Waals surface area contributed by atoms with Crippen LogP contribution in [0.25, 0.3) is 5.00 Å². The number of anilines is 1. The molecule has 300 valence electrons. The van der Waals surface area contributed by atoms with Crippen LogP contribution in [0, 0.1) is 55.3 Å². The summed E-state index contributed by atoms with van der Waals surface area (Å²) in [6.07, 6.45) is 9.85. The Morgan fingerprint density at radius 3 is 2.64 bits per heavy atom. The lowest BCUT2D eigenvalue weighted by molar-refractivity contribution is 0.0684. The number of piperidine rings is 1. The Labute approximate surface area is 353 Å². The number of aliphatic imine (C=N–C) groups is 1. The molecule has 1 aromatic carbocycles. The normalized spacial score (nSPS) is 22.1. The van der Waals surface area contributed by atoms with Crippen molar-refractivity contribution in [2.45, 2.75) is 97.2 Å². The average Bonchev–Trinajstić information content (AvgIpc) is 3.69. The number of nitrogens with one attached hydrogen (secondary N) is 1.